The van der Waals surface area contributed by atoms with Crippen LogP contribution in [0.25, 0.3) is 0 Å². The SMILES string of the molecule is Cc1n[nH]c(C)c1NC(=O)CN(C)CC1CCN(CCO)CC1. The quantitative estimate of drug-likeness (QED) is 0.684. The summed E-state index contributed by atoms with van der Waals surface area (Å²) in [7, 11) is 1.99. The van der Waals surface area contributed by atoms with Crippen LogP contribution < -0.4 is 5.32 Å². The van der Waals surface area contributed by atoms with E-state index in [-0.39, 0.29) is 12.5 Å². The molecule has 1 aliphatic rings. The van der Waals surface area contributed by atoms with Gasteiger partial charge in [-0.2, -0.15) is 5.10 Å². The summed E-state index contributed by atoms with van der Waals surface area (Å²) in [5.74, 6) is 0.623. The molecular weight excluding hydrogens is 294 g/mol. The number of aromatic amines is 1. The van der Waals surface area contributed by atoms with Crippen LogP contribution in [0.4, 0.5) is 5.69 Å². The lowest BCUT2D eigenvalue weighted by atomic mass is 9.96. The summed E-state index contributed by atoms with van der Waals surface area (Å²) >= 11 is 0. The van der Waals surface area contributed by atoms with E-state index in [1.165, 1.54) is 0 Å². The number of likely N-dealkylation sites (tertiary alicyclic amines) is 1. The summed E-state index contributed by atoms with van der Waals surface area (Å²) in [5, 5.41) is 18.9. The first kappa shape index (κ1) is 17.9. The van der Waals surface area contributed by atoms with Gasteiger partial charge in [-0.05, 0) is 52.7 Å². The van der Waals surface area contributed by atoms with Crippen molar-refractivity contribution in [2.24, 2.45) is 5.92 Å². The lowest BCUT2D eigenvalue weighted by molar-refractivity contribution is -0.117. The zero-order valence-electron chi connectivity index (χ0n) is 14.4. The van der Waals surface area contributed by atoms with Gasteiger partial charge < -0.3 is 15.3 Å². The molecule has 0 unspecified atom stereocenters. The monoisotopic (exact) mass is 323 g/mol. The van der Waals surface area contributed by atoms with Gasteiger partial charge in [0.2, 0.25) is 5.91 Å². The molecule has 130 valence electrons. The highest BCUT2D eigenvalue weighted by molar-refractivity contribution is 5.93. The molecule has 0 bridgehead atoms. The van der Waals surface area contributed by atoms with Gasteiger partial charge >= 0.3 is 0 Å². The molecule has 23 heavy (non-hydrogen) atoms. The molecule has 0 saturated carbocycles. The Morgan fingerprint density at radius 3 is 2.70 bits per heavy atom. The zero-order valence-corrected chi connectivity index (χ0v) is 14.4. The summed E-state index contributed by atoms with van der Waals surface area (Å²) < 4.78 is 0. The number of carbonyl (C=O) groups is 1. The standard InChI is InChI=1S/C16H29N5O2/c1-12-16(13(2)19-18-12)17-15(23)11-20(3)10-14-4-6-21(7-5-14)8-9-22/h14,22H,4-11H2,1-3H3,(H,17,23)(H,18,19). The number of nitrogens with one attached hydrogen (secondary N) is 2. The summed E-state index contributed by atoms with van der Waals surface area (Å²) in [5.41, 5.74) is 2.49. The number of likely N-dealkylation sites (N-methyl/N-ethyl adjacent to an activating group) is 1. The number of nitrogens with zero attached hydrogens (tertiary/aromatic N) is 3. The number of aryl methyl sites for hydroxylation is 2. The summed E-state index contributed by atoms with van der Waals surface area (Å²) in [4.78, 5) is 16.6. The molecule has 1 aliphatic heterocycles. The molecule has 2 rings (SSSR count). The van der Waals surface area contributed by atoms with Crippen LogP contribution in [0, 0.1) is 19.8 Å². The predicted molar refractivity (Wildman–Crippen MR) is 90.4 cm³/mol. The Kier molecular flexibility index (Phi) is 6.56. The van der Waals surface area contributed by atoms with Crippen molar-refractivity contribution in [2.45, 2.75) is 26.7 Å². The van der Waals surface area contributed by atoms with Crippen LogP contribution in [-0.4, -0.2) is 77.4 Å². The van der Waals surface area contributed by atoms with E-state index in [9.17, 15) is 4.79 Å². The fourth-order valence-electron chi connectivity index (χ4n) is 3.20. The van der Waals surface area contributed by atoms with Crippen molar-refractivity contribution in [3.8, 4) is 0 Å². The largest absolute Gasteiger partial charge is 0.395 e. The fraction of sp³-hybridized carbons (Fsp3) is 0.750. The number of rotatable bonds is 7. The molecule has 1 amide bonds. The van der Waals surface area contributed by atoms with Crippen molar-refractivity contribution < 1.29 is 9.90 Å². The fourth-order valence-corrected chi connectivity index (χ4v) is 3.20. The van der Waals surface area contributed by atoms with Gasteiger partial charge in [0.25, 0.3) is 0 Å². The van der Waals surface area contributed by atoms with Gasteiger partial charge in [-0.3, -0.25) is 14.8 Å². The maximum absolute atomic E-state index is 12.2. The third kappa shape index (κ3) is 5.30. The van der Waals surface area contributed by atoms with E-state index < -0.39 is 0 Å². The van der Waals surface area contributed by atoms with Crippen LogP contribution in [0.1, 0.15) is 24.2 Å². The van der Waals surface area contributed by atoms with E-state index in [0.29, 0.717) is 12.5 Å². The molecule has 1 aromatic rings. The van der Waals surface area contributed by atoms with Crippen LogP contribution in [0.15, 0.2) is 0 Å². The molecule has 0 aromatic carbocycles. The third-order valence-electron chi connectivity index (χ3n) is 4.50. The Bertz CT molecular complexity index is 489. The van der Waals surface area contributed by atoms with E-state index in [2.05, 4.69) is 25.3 Å². The van der Waals surface area contributed by atoms with Crippen molar-refractivity contribution >= 4 is 11.6 Å². The van der Waals surface area contributed by atoms with E-state index in [0.717, 1.165) is 56.1 Å². The molecule has 0 aliphatic carbocycles. The minimum Gasteiger partial charge on any atom is -0.395 e. The normalized spacial score (nSPS) is 16.9. The van der Waals surface area contributed by atoms with Crippen molar-refractivity contribution in [3.05, 3.63) is 11.4 Å². The second-order valence-electron chi connectivity index (χ2n) is 6.56. The van der Waals surface area contributed by atoms with Gasteiger partial charge in [0.05, 0.1) is 30.2 Å². The number of hydrogen-bond donors (Lipinski definition) is 3. The highest BCUT2D eigenvalue weighted by atomic mass is 16.3. The van der Waals surface area contributed by atoms with E-state index in [1.54, 1.807) is 0 Å². The average molecular weight is 323 g/mol. The first-order valence-corrected chi connectivity index (χ1v) is 8.32. The number of carbonyl (C=O) groups excluding carboxylic acids is 1. The van der Waals surface area contributed by atoms with Gasteiger partial charge in [-0.15, -0.1) is 0 Å². The first-order valence-electron chi connectivity index (χ1n) is 8.32. The van der Waals surface area contributed by atoms with Crippen molar-refractivity contribution in [1.29, 1.82) is 0 Å². The van der Waals surface area contributed by atoms with Crippen molar-refractivity contribution in [1.82, 2.24) is 20.0 Å². The van der Waals surface area contributed by atoms with Gasteiger partial charge in [0.15, 0.2) is 0 Å². The van der Waals surface area contributed by atoms with Gasteiger partial charge in [0.1, 0.15) is 0 Å². The lowest BCUT2D eigenvalue weighted by Gasteiger charge is -2.33. The Morgan fingerprint density at radius 2 is 2.13 bits per heavy atom. The lowest BCUT2D eigenvalue weighted by Crippen LogP contribution is -2.40. The van der Waals surface area contributed by atoms with E-state index >= 15 is 0 Å². The molecule has 0 radical (unpaired) electrons. The Balaban J connectivity index is 1.72. The molecule has 1 aromatic heterocycles. The van der Waals surface area contributed by atoms with Gasteiger partial charge in [0, 0.05) is 13.1 Å². The third-order valence-corrected chi connectivity index (χ3v) is 4.50. The van der Waals surface area contributed by atoms with Gasteiger partial charge in [-0.1, -0.05) is 0 Å². The molecular formula is C16H29N5O2. The van der Waals surface area contributed by atoms with Gasteiger partial charge in [-0.25, -0.2) is 0 Å². The predicted octanol–water partition coefficient (Wildman–Crippen LogP) is 0.601. The molecule has 1 fully saturated rings. The van der Waals surface area contributed by atoms with E-state index in [4.69, 9.17) is 5.11 Å². The topological polar surface area (TPSA) is 84.5 Å². The number of amides is 1. The minimum absolute atomic E-state index is 0.00202. The number of aliphatic hydroxyl groups excluding tert-OH is 1. The zero-order chi connectivity index (χ0) is 16.8. The Hall–Kier alpha value is -1.44. The molecule has 7 nitrogen and oxygen atoms in total. The van der Waals surface area contributed by atoms with Crippen molar-refractivity contribution in [2.75, 3.05) is 51.7 Å². The van der Waals surface area contributed by atoms with Crippen LogP contribution in [0.3, 0.4) is 0 Å². The van der Waals surface area contributed by atoms with Crippen LogP contribution >= 0.6 is 0 Å². The Labute approximate surface area is 138 Å². The van der Waals surface area contributed by atoms with Crippen LogP contribution in [-0.2, 0) is 4.79 Å². The number of β-amino-alcohol motifs (C(OH)–C–C–N with tert-alkyl or cyclic N) is 1. The molecule has 2 heterocycles. The molecule has 1 saturated heterocycles. The number of aliphatic hydroxyl groups is 1. The summed E-state index contributed by atoms with van der Waals surface area (Å²) in [6.07, 6.45) is 2.26. The van der Waals surface area contributed by atoms with E-state index in [1.807, 2.05) is 20.9 Å². The van der Waals surface area contributed by atoms with Crippen molar-refractivity contribution in [3.63, 3.8) is 0 Å². The number of anilines is 1. The van der Waals surface area contributed by atoms with Crippen LogP contribution in [0.2, 0.25) is 0 Å². The second kappa shape index (κ2) is 8.42. The number of hydrogen-bond acceptors (Lipinski definition) is 5. The van der Waals surface area contributed by atoms with Crippen LogP contribution in [0.5, 0.6) is 0 Å². The minimum atomic E-state index is -0.00202. The second-order valence-corrected chi connectivity index (χ2v) is 6.56. The molecule has 7 heteroatoms. The first-order chi connectivity index (χ1) is 11.0. The Morgan fingerprint density at radius 1 is 1.43 bits per heavy atom. The smallest absolute Gasteiger partial charge is 0.238 e. The summed E-state index contributed by atoms with van der Waals surface area (Å²) in [6.45, 7) is 8.19. The molecule has 0 spiro atoms. The molecule has 0 atom stereocenters. The summed E-state index contributed by atoms with van der Waals surface area (Å²) in [6, 6.07) is 0. The molecule has 3 N–H and O–H groups in total. The number of H-pyrrole nitrogens is 1. The highest BCUT2D eigenvalue weighted by Gasteiger charge is 2.21. The number of piperidine rings is 1. The highest BCUT2D eigenvalue weighted by Crippen LogP contribution is 2.18. The average Bonchev–Trinajstić information content (AvgIpc) is 2.81. The number of aromatic nitrogens is 2. The maximum atomic E-state index is 12.2. The maximum Gasteiger partial charge on any atom is 0.238 e.